The van der Waals surface area contributed by atoms with Crippen molar-refractivity contribution in [3.05, 3.63) is 0 Å². The van der Waals surface area contributed by atoms with Crippen LogP contribution in [0.5, 0.6) is 0 Å². The maximum absolute atomic E-state index is 13.0. The highest BCUT2D eigenvalue weighted by atomic mass is 31.2. The van der Waals surface area contributed by atoms with Crippen LogP contribution in [0.3, 0.4) is 0 Å². The van der Waals surface area contributed by atoms with E-state index in [9.17, 15) is 43.2 Å². The van der Waals surface area contributed by atoms with Crippen LogP contribution in [-0.2, 0) is 65.4 Å². The van der Waals surface area contributed by atoms with Crippen LogP contribution in [-0.4, -0.2) is 96.7 Å². The van der Waals surface area contributed by atoms with E-state index < -0.39 is 97.5 Å². The number of hydrogen-bond acceptors (Lipinski definition) is 15. The zero-order valence-electron chi connectivity index (χ0n) is 59.1. The average molecular weight is 1340 g/mol. The van der Waals surface area contributed by atoms with Gasteiger partial charge in [0.15, 0.2) is 12.2 Å². The van der Waals surface area contributed by atoms with Crippen molar-refractivity contribution < 1.29 is 80.2 Å². The van der Waals surface area contributed by atoms with E-state index in [0.29, 0.717) is 25.7 Å². The predicted molar refractivity (Wildman–Crippen MR) is 368 cm³/mol. The first-order valence-corrected chi connectivity index (χ1v) is 40.5. The summed E-state index contributed by atoms with van der Waals surface area (Å²) in [6, 6.07) is 0. The normalized spacial score (nSPS) is 14.1. The number of aliphatic hydroxyl groups excluding tert-OH is 1. The van der Waals surface area contributed by atoms with Gasteiger partial charge in [0.05, 0.1) is 26.4 Å². The van der Waals surface area contributed by atoms with E-state index in [1.165, 1.54) is 180 Å². The molecule has 0 aromatic rings. The number of phosphoric acid groups is 2. The smallest absolute Gasteiger partial charge is 0.462 e. The van der Waals surface area contributed by atoms with E-state index in [4.69, 9.17) is 37.0 Å². The standard InChI is InChI=1S/C72H140O17P2/c1-7-9-11-13-14-15-16-17-25-28-31-37-43-49-55-70(75)83-61-68(89-71(76)56-50-44-38-32-29-26-23-21-19-18-20-22-24-27-30-35-41-46-52-64(3)4)63-87-91(80,81)85-59-66(73)58-84-90(78,79)86-62-67(60-82-69(74)54-48-40-12-10-8-2)88-72(77)57-51-45-39-34-33-36-42-47-53-65(5)6/h64-68,73H,7-63H2,1-6H3,(H,78,79)(H,80,81)/t66-,67+,68+/m0/s1. The Morgan fingerprint density at radius 2 is 0.505 bits per heavy atom. The zero-order chi connectivity index (χ0) is 67.2. The molecule has 0 amide bonds. The first-order chi connectivity index (χ1) is 43.9. The second-order valence-corrected chi connectivity index (χ2v) is 29.8. The minimum atomic E-state index is -4.95. The fraction of sp³-hybridized carbons (Fsp3) is 0.944. The third-order valence-electron chi connectivity index (χ3n) is 16.7. The summed E-state index contributed by atoms with van der Waals surface area (Å²) in [7, 11) is -9.89. The van der Waals surface area contributed by atoms with Crippen molar-refractivity contribution in [3.8, 4) is 0 Å². The molecule has 2 unspecified atom stereocenters. The lowest BCUT2D eigenvalue weighted by molar-refractivity contribution is -0.161. The summed E-state index contributed by atoms with van der Waals surface area (Å²) < 4.78 is 68.1. The summed E-state index contributed by atoms with van der Waals surface area (Å²) in [5, 5.41) is 10.6. The van der Waals surface area contributed by atoms with Crippen LogP contribution >= 0.6 is 15.6 Å². The Labute approximate surface area is 556 Å². The molecular formula is C72H140O17P2. The van der Waals surface area contributed by atoms with Crippen LogP contribution in [0, 0.1) is 11.8 Å². The van der Waals surface area contributed by atoms with E-state index in [1.807, 2.05) is 0 Å². The first-order valence-electron chi connectivity index (χ1n) is 37.5. The Morgan fingerprint density at radius 1 is 0.297 bits per heavy atom. The van der Waals surface area contributed by atoms with E-state index in [2.05, 4.69) is 41.5 Å². The number of carbonyl (C=O) groups excluding carboxylic acids is 4. The van der Waals surface area contributed by atoms with Crippen LogP contribution in [0.1, 0.15) is 369 Å². The zero-order valence-corrected chi connectivity index (χ0v) is 60.9. The van der Waals surface area contributed by atoms with Gasteiger partial charge in [-0.25, -0.2) is 9.13 Å². The molecule has 540 valence electrons. The monoisotopic (exact) mass is 1340 g/mol. The largest absolute Gasteiger partial charge is 0.472 e. The summed E-state index contributed by atoms with van der Waals surface area (Å²) in [5.74, 6) is -0.595. The van der Waals surface area contributed by atoms with Crippen LogP contribution in [0.4, 0.5) is 0 Å². The highest BCUT2D eigenvalue weighted by Gasteiger charge is 2.30. The molecule has 0 aromatic carbocycles. The molecule has 17 nitrogen and oxygen atoms in total. The van der Waals surface area contributed by atoms with Gasteiger partial charge < -0.3 is 33.8 Å². The number of phosphoric ester groups is 2. The summed E-state index contributed by atoms with van der Waals surface area (Å²) in [4.78, 5) is 72.3. The molecule has 0 aliphatic carbocycles. The van der Waals surface area contributed by atoms with E-state index in [1.54, 1.807) is 0 Å². The van der Waals surface area contributed by atoms with Gasteiger partial charge in [-0.1, -0.05) is 318 Å². The fourth-order valence-corrected chi connectivity index (χ4v) is 12.5. The summed E-state index contributed by atoms with van der Waals surface area (Å²) >= 11 is 0. The number of hydrogen-bond donors (Lipinski definition) is 3. The molecule has 0 fully saturated rings. The molecule has 5 atom stereocenters. The quantitative estimate of drug-likeness (QED) is 0.0222. The van der Waals surface area contributed by atoms with Crippen molar-refractivity contribution in [2.45, 2.75) is 387 Å². The third-order valence-corrected chi connectivity index (χ3v) is 18.6. The molecule has 91 heavy (non-hydrogen) atoms. The maximum Gasteiger partial charge on any atom is 0.472 e. The van der Waals surface area contributed by atoms with Crippen molar-refractivity contribution in [3.63, 3.8) is 0 Å². The van der Waals surface area contributed by atoms with Gasteiger partial charge in [0, 0.05) is 25.7 Å². The Balaban J connectivity index is 5.12. The van der Waals surface area contributed by atoms with Crippen molar-refractivity contribution in [2.24, 2.45) is 11.8 Å². The van der Waals surface area contributed by atoms with Crippen molar-refractivity contribution >= 4 is 39.5 Å². The number of esters is 4. The highest BCUT2D eigenvalue weighted by Crippen LogP contribution is 2.45. The topological polar surface area (TPSA) is 237 Å². The van der Waals surface area contributed by atoms with Gasteiger partial charge in [-0.2, -0.15) is 0 Å². The molecule has 0 spiro atoms. The number of rotatable bonds is 71. The minimum Gasteiger partial charge on any atom is -0.462 e. The molecule has 3 N–H and O–H groups in total. The third kappa shape index (κ3) is 66.5. The van der Waals surface area contributed by atoms with Gasteiger partial charge in [0.1, 0.15) is 19.3 Å². The molecule has 0 heterocycles. The fourth-order valence-electron chi connectivity index (χ4n) is 10.9. The summed E-state index contributed by atoms with van der Waals surface area (Å²) in [5.41, 5.74) is 0. The second kappa shape index (κ2) is 64.1. The van der Waals surface area contributed by atoms with Crippen molar-refractivity contribution in [2.75, 3.05) is 39.6 Å². The second-order valence-electron chi connectivity index (χ2n) is 26.9. The predicted octanol–water partition coefficient (Wildman–Crippen LogP) is 20.8. The van der Waals surface area contributed by atoms with Crippen LogP contribution < -0.4 is 0 Å². The number of unbranched alkanes of at least 4 members (excludes halogenated alkanes) is 41. The lowest BCUT2D eigenvalue weighted by atomic mass is 10.0. The van der Waals surface area contributed by atoms with Gasteiger partial charge in [-0.15, -0.1) is 0 Å². The summed E-state index contributed by atoms with van der Waals surface area (Å²) in [6.07, 6.45) is 50.5. The van der Waals surface area contributed by atoms with Gasteiger partial charge in [-0.3, -0.25) is 37.3 Å². The molecule has 0 aliphatic rings. The Kier molecular flexibility index (Phi) is 62.7. The Hall–Kier alpha value is -1.94. The van der Waals surface area contributed by atoms with Gasteiger partial charge in [0.25, 0.3) is 0 Å². The molecule has 0 rings (SSSR count). The Bertz CT molecular complexity index is 1770. The van der Waals surface area contributed by atoms with E-state index in [0.717, 1.165) is 108 Å². The molecule has 0 aliphatic heterocycles. The molecule has 0 bridgehead atoms. The molecule has 0 aromatic heterocycles. The highest BCUT2D eigenvalue weighted by molar-refractivity contribution is 7.47. The lowest BCUT2D eigenvalue weighted by Crippen LogP contribution is -2.30. The molecule has 0 saturated carbocycles. The average Bonchev–Trinajstić information content (AvgIpc) is 3.63. The van der Waals surface area contributed by atoms with Crippen LogP contribution in [0.15, 0.2) is 0 Å². The Morgan fingerprint density at radius 3 is 0.747 bits per heavy atom. The SMILES string of the molecule is CCCCCCCCCCCCCCCCC(=O)OC[C@H](COP(=O)(O)OC[C@@H](O)COP(=O)(O)OC[C@@H](COC(=O)CCCCCCC)OC(=O)CCCCCCCCCCC(C)C)OC(=O)CCCCCCCCCCCCCCCCCCCCC(C)C. The number of ether oxygens (including phenoxy) is 4. The van der Waals surface area contributed by atoms with Crippen LogP contribution in [0.2, 0.25) is 0 Å². The lowest BCUT2D eigenvalue weighted by Gasteiger charge is -2.21. The van der Waals surface area contributed by atoms with Crippen molar-refractivity contribution in [1.82, 2.24) is 0 Å². The van der Waals surface area contributed by atoms with Gasteiger partial charge in [-0.05, 0) is 37.5 Å². The first kappa shape index (κ1) is 89.1. The molecule has 0 radical (unpaired) electrons. The molecule has 19 heteroatoms. The maximum atomic E-state index is 13.0. The number of carbonyl (C=O) groups is 4. The van der Waals surface area contributed by atoms with Crippen LogP contribution in [0.25, 0.3) is 0 Å². The van der Waals surface area contributed by atoms with Gasteiger partial charge in [0.2, 0.25) is 0 Å². The number of aliphatic hydroxyl groups is 1. The van der Waals surface area contributed by atoms with Crippen molar-refractivity contribution in [1.29, 1.82) is 0 Å². The van der Waals surface area contributed by atoms with E-state index in [-0.39, 0.29) is 25.7 Å². The molecule has 0 saturated heterocycles. The minimum absolute atomic E-state index is 0.104. The summed E-state index contributed by atoms with van der Waals surface area (Å²) in [6.45, 7) is 9.47. The van der Waals surface area contributed by atoms with E-state index >= 15 is 0 Å². The molecular weight excluding hydrogens is 1200 g/mol. The van der Waals surface area contributed by atoms with Gasteiger partial charge >= 0.3 is 39.5 Å².